The molecule has 0 aliphatic rings. The van der Waals surface area contributed by atoms with Gasteiger partial charge in [-0.3, -0.25) is 4.79 Å². The molecule has 0 saturated heterocycles. The highest BCUT2D eigenvalue weighted by atomic mass is 16.5. The highest BCUT2D eigenvalue weighted by Gasteiger charge is 2.11. The number of hydrogen-bond donors (Lipinski definition) is 0. The van der Waals surface area contributed by atoms with Crippen molar-refractivity contribution in [2.75, 3.05) is 7.11 Å². The summed E-state index contributed by atoms with van der Waals surface area (Å²) in [6, 6.07) is 14.4. The largest absolute Gasteiger partial charge is 0.497 e. The van der Waals surface area contributed by atoms with E-state index in [1.807, 2.05) is 31.2 Å². The second-order valence-electron chi connectivity index (χ2n) is 5.46. The number of hydrogen-bond acceptors (Lipinski definition) is 4. The fourth-order valence-electron chi connectivity index (χ4n) is 2.33. The first-order valence-corrected chi connectivity index (χ1v) is 7.48. The molecule has 0 unspecified atom stereocenters. The van der Waals surface area contributed by atoms with Gasteiger partial charge in [0.2, 0.25) is 0 Å². The van der Waals surface area contributed by atoms with Gasteiger partial charge in [-0.15, -0.1) is 0 Å². The summed E-state index contributed by atoms with van der Waals surface area (Å²) < 4.78 is 10.3. The van der Waals surface area contributed by atoms with Crippen molar-refractivity contribution in [3.63, 3.8) is 0 Å². The minimum atomic E-state index is -0.658. The van der Waals surface area contributed by atoms with E-state index < -0.39 is 5.63 Å². The molecule has 0 aliphatic carbocycles. The summed E-state index contributed by atoms with van der Waals surface area (Å²) >= 11 is 0. The summed E-state index contributed by atoms with van der Waals surface area (Å²) in [5.74, 6) is 0.200. The zero-order chi connectivity index (χ0) is 17.1. The number of rotatable bonds is 4. The molecule has 2 aromatic carbocycles. The van der Waals surface area contributed by atoms with E-state index in [0.717, 1.165) is 11.1 Å². The van der Waals surface area contributed by atoms with Crippen molar-refractivity contribution >= 4 is 22.8 Å². The Balaban J connectivity index is 1.93. The molecule has 3 rings (SSSR count). The maximum atomic E-state index is 12.3. The lowest BCUT2D eigenvalue weighted by molar-refractivity contribution is 0.104. The molecular formula is C20H16O4. The number of ketones is 1. The van der Waals surface area contributed by atoms with Crippen LogP contribution in [0.1, 0.15) is 21.5 Å². The van der Waals surface area contributed by atoms with Crippen LogP contribution < -0.4 is 10.4 Å². The Hall–Kier alpha value is -3.14. The molecule has 1 heterocycles. The van der Waals surface area contributed by atoms with Gasteiger partial charge in [-0.2, -0.15) is 0 Å². The molecule has 0 N–H and O–H groups in total. The van der Waals surface area contributed by atoms with Gasteiger partial charge in [0, 0.05) is 11.5 Å². The lowest BCUT2D eigenvalue weighted by Crippen LogP contribution is -2.11. The number of fused-ring (bicyclic) bond motifs is 1. The van der Waals surface area contributed by atoms with Gasteiger partial charge in [0.1, 0.15) is 16.9 Å². The Labute approximate surface area is 139 Å². The third-order valence-corrected chi connectivity index (χ3v) is 3.71. The van der Waals surface area contributed by atoms with Gasteiger partial charge in [0.25, 0.3) is 0 Å². The van der Waals surface area contributed by atoms with Crippen molar-refractivity contribution in [3.8, 4) is 5.75 Å². The standard InChI is InChI=1S/C20H16O4/c1-13-3-5-14(6-4-13)7-10-18(21)17-11-15-8-9-16(23-2)12-19(15)24-20(17)22/h3-12H,1-2H3/b10-7+. The van der Waals surface area contributed by atoms with Crippen LogP contribution in [0.25, 0.3) is 17.0 Å². The normalized spacial score (nSPS) is 11.1. The van der Waals surface area contributed by atoms with Gasteiger partial charge in [-0.05, 0) is 36.8 Å². The second-order valence-corrected chi connectivity index (χ2v) is 5.46. The third kappa shape index (κ3) is 3.27. The number of allylic oxidation sites excluding steroid dienone is 1. The summed E-state index contributed by atoms with van der Waals surface area (Å²) in [6.45, 7) is 1.99. The third-order valence-electron chi connectivity index (χ3n) is 3.71. The van der Waals surface area contributed by atoms with E-state index in [9.17, 15) is 9.59 Å². The van der Waals surface area contributed by atoms with Gasteiger partial charge >= 0.3 is 5.63 Å². The van der Waals surface area contributed by atoms with Crippen LogP contribution >= 0.6 is 0 Å². The first kappa shape index (κ1) is 15.7. The quantitative estimate of drug-likeness (QED) is 0.414. The number of carbonyl (C=O) groups excluding carboxylic acids is 1. The van der Waals surface area contributed by atoms with Crippen molar-refractivity contribution in [2.24, 2.45) is 0 Å². The average molecular weight is 320 g/mol. The van der Waals surface area contributed by atoms with Crippen molar-refractivity contribution < 1.29 is 13.9 Å². The van der Waals surface area contributed by atoms with Gasteiger partial charge in [-0.1, -0.05) is 35.9 Å². The molecule has 4 nitrogen and oxygen atoms in total. The monoisotopic (exact) mass is 320 g/mol. The van der Waals surface area contributed by atoms with E-state index in [0.29, 0.717) is 16.7 Å². The van der Waals surface area contributed by atoms with Crippen LogP contribution in [0.4, 0.5) is 0 Å². The molecular weight excluding hydrogens is 304 g/mol. The topological polar surface area (TPSA) is 56.5 Å². The molecule has 0 amide bonds. The lowest BCUT2D eigenvalue weighted by Gasteiger charge is -2.02. The molecule has 0 atom stereocenters. The van der Waals surface area contributed by atoms with Crippen molar-refractivity contribution in [3.05, 3.63) is 81.7 Å². The second kappa shape index (κ2) is 6.54. The van der Waals surface area contributed by atoms with E-state index >= 15 is 0 Å². The molecule has 0 spiro atoms. The fraction of sp³-hybridized carbons (Fsp3) is 0.100. The molecule has 3 aromatic rings. The molecule has 0 fully saturated rings. The number of benzene rings is 2. The molecule has 0 radical (unpaired) electrons. The molecule has 4 heteroatoms. The predicted octanol–water partition coefficient (Wildman–Crippen LogP) is 4.01. The summed E-state index contributed by atoms with van der Waals surface area (Å²) in [5.41, 5.74) is 1.77. The highest BCUT2D eigenvalue weighted by molar-refractivity contribution is 6.07. The SMILES string of the molecule is COc1ccc2cc(C(=O)/C=C/c3ccc(C)cc3)c(=O)oc2c1. The number of aryl methyl sites for hydroxylation is 1. The maximum Gasteiger partial charge on any atom is 0.347 e. The van der Waals surface area contributed by atoms with Crippen LogP contribution in [-0.4, -0.2) is 12.9 Å². The summed E-state index contributed by atoms with van der Waals surface area (Å²) in [7, 11) is 1.53. The van der Waals surface area contributed by atoms with Gasteiger partial charge in [0.05, 0.1) is 7.11 Å². The minimum absolute atomic E-state index is 0.0102. The summed E-state index contributed by atoms with van der Waals surface area (Å²) in [4.78, 5) is 24.4. The smallest absolute Gasteiger partial charge is 0.347 e. The minimum Gasteiger partial charge on any atom is -0.497 e. The van der Waals surface area contributed by atoms with Crippen LogP contribution in [0.3, 0.4) is 0 Å². The first-order chi connectivity index (χ1) is 11.6. The number of carbonyl (C=O) groups is 1. The molecule has 1 aromatic heterocycles. The fourth-order valence-corrected chi connectivity index (χ4v) is 2.33. The summed E-state index contributed by atoms with van der Waals surface area (Å²) in [6.07, 6.45) is 3.06. The highest BCUT2D eigenvalue weighted by Crippen LogP contribution is 2.20. The van der Waals surface area contributed by atoms with E-state index in [2.05, 4.69) is 0 Å². The van der Waals surface area contributed by atoms with E-state index in [-0.39, 0.29) is 11.3 Å². The number of methoxy groups -OCH3 is 1. The van der Waals surface area contributed by atoms with Crippen molar-refractivity contribution in [1.82, 2.24) is 0 Å². The molecule has 24 heavy (non-hydrogen) atoms. The van der Waals surface area contributed by atoms with Crippen LogP contribution in [0.5, 0.6) is 5.75 Å². The van der Waals surface area contributed by atoms with Gasteiger partial charge < -0.3 is 9.15 Å². The van der Waals surface area contributed by atoms with Crippen molar-refractivity contribution in [2.45, 2.75) is 6.92 Å². The number of ether oxygens (including phenoxy) is 1. The van der Waals surface area contributed by atoms with E-state index in [1.165, 1.54) is 13.2 Å². The van der Waals surface area contributed by atoms with E-state index in [1.54, 1.807) is 30.3 Å². The van der Waals surface area contributed by atoms with Gasteiger partial charge in [-0.25, -0.2) is 4.79 Å². The van der Waals surface area contributed by atoms with Crippen LogP contribution in [0, 0.1) is 6.92 Å². The van der Waals surface area contributed by atoms with Gasteiger partial charge in [0.15, 0.2) is 5.78 Å². The Bertz CT molecular complexity index is 979. The maximum absolute atomic E-state index is 12.3. The Morgan fingerprint density at radius 2 is 1.83 bits per heavy atom. The first-order valence-electron chi connectivity index (χ1n) is 7.48. The average Bonchev–Trinajstić information content (AvgIpc) is 2.59. The zero-order valence-electron chi connectivity index (χ0n) is 13.4. The van der Waals surface area contributed by atoms with Crippen molar-refractivity contribution in [1.29, 1.82) is 0 Å². The molecule has 0 saturated carbocycles. The van der Waals surface area contributed by atoms with Crippen LogP contribution in [0.15, 0.2) is 63.8 Å². The Morgan fingerprint density at radius 1 is 1.08 bits per heavy atom. The molecule has 0 aliphatic heterocycles. The van der Waals surface area contributed by atoms with E-state index in [4.69, 9.17) is 9.15 Å². The molecule has 120 valence electrons. The Morgan fingerprint density at radius 3 is 2.54 bits per heavy atom. The predicted molar refractivity (Wildman–Crippen MR) is 93.6 cm³/mol. The Kier molecular flexibility index (Phi) is 4.29. The summed E-state index contributed by atoms with van der Waals surface area (Å²) in [5, 5.41) is 0.669. The van der Waals surface area contributed by atoms with Crippen LogP contribution in [0.2, 0.25) is 0 Å². The molecule has 0 bridgehead atoms. The zero-order valence-corrected chi connectivity index (χ0v) is 13.4. The van der Waals surface area contributed by atoms with Crippen LogP contribution in [-0.2, 0) is 0 Å². The lowest BCUT2D eigenvalue weighted by atomic mass is 10.1.